The van der Waals surface area contributed by atoms with Crippen LogP contribution in [0.4, 0.5) is 18.9 Å². The lowest BCUT2D eigenvalue weighted by molar-refractivity contribution is -0.138. The van der Waals surface area contributed by atoms with Gasteiger partial charge in [0.15, 0.2) is 0 Å². The van der Waals surface area contributed by atoms with E-state index in [2.05, 4.69) is 15.9 Å². The summed E-state index contributed by atoms with van der Waals surface area (Å²) in [5, 5.41) is -0.591. The van der Waals surface area contributed by atoms with Crippen molar-refractivity contribution in [3.8, 4) is 0 Å². The van der Waals surface area contributed by atoms with Crippen LogP contribution in [-0.4, -0.2) is 58.7 Å². The van der Waals surface area contributed by atoms with Gasteiger partial charge in [0.05, 0.1) is 35.4 Å². The van der Waals surface area contributed by atoms with Gasteiger partial charge in [-0.05, 0) is 35.9 Å². The molecular formula is C27H21BrF3N3O5S2. The monoisotopic (exact) mass is 667 g/mol. The maximum atomic E-state index is 13.9. The maximum Gasteiger partial charge on any atom is 0.416 e. The van der Waals surface area contributed by atoms with Crippen LogP contribution >= 0.6 is 39.0 Å². The predicted molar refractivity (Wildman–Crippen MR) is 149 cm³/mol. The largest absolute Gasteiger partial charge is 0.416 e. The Morgan fingerprint density at radius 1 is 1.02 bits per heavy atom. The molecular weight excluding hydrogens is 647 g/mol. The highest BCUT2D eigenvalue weighted by Crippen LogP contribution is 2.54. The summed E-state index contributed by atoms with van der Waals surface area (Å²) in [7, 11) is 0. The number of carbonyl (C=O) groups is 3. The van der Waals surface area contributed by atoms with Crippen molar-refractivity contribution in [3.63, 3.8) is 0 Å². The highest BCUT2D eigenvalue weighted by molar-refractivity contribution is 9.10. The number of morpholine rings is 1. The Balaban J connectivity index is 1.43. The van der Waals surface area contributed by atoms with Crippen LogP contribution in [0.2, 0.25) is 0 Å². The lowest BCUT2D eigenvalue weighted by Gasteiger charge is -2.31. The molecule has 4 heterocycles. The van der Waals surface area contributed by atoms with E-state index < -0.39 is 45.5 Å². The van der Waals surface area contributed by atoms with Crippen LogP contribution in [0, 0.1) is 5.92 Å². The zero-order valence-corrected chi connectivity index (χ0v) is 24.3. The van der Waals surface area contributed by atoms with Crippen molar-refractivity contribution in [2.75, 3.05) is 31.2 Å². The summed E-state index contributed by atoms with van der Waals surface area (Å²) in [6.07, 6.45) is -4.66. The van der Waals surface area contributed by atoms with Crippen LogP contribution in [0.3, 0.4) is 0 Å². The molecule has 0 N–H and O–H groups in total. The van der Waals surface area contributed by atoms with Crippen LogP contribution in [0.25, 0.3) is 0 Å². The first kappa shape index (κ1) is 28.2. The number of thioether (sulfide) groups is 1. The maximum absolute atomic E-state index is 13.9. The molecule has 2 fully saturated rings. The number of imide groups is 1. The van der Waals surface area contributed by atoms with E-state index in [0.29, 0.717) is 46.2 Å². The summed E-state index contributed by atoms with van der Waals surface area (Å²) in [4.78, 5) is 56.6. The molecule has 3 atom stereocenters. The molecule has 214 valence electrons. The number of aromatic nitrogens is 1. The van der Waals surface area contributed by atoms with Crippen molar-refractivity contribution in [2.45, 2.75) is 28.9 Å². The smallest absolute Gasteiger partial charge is 0.378 e. The number of alkyl halides is 3. The third-order valence-electron chi connectivity index (χ3n) is 7.35. The molecule has 0 aliphatic carbocycles. The first-order valence-corrected chi connectivity index (χ1v) is 15.1. The van der Waals surface area contributed by atoms with Gasteiger partial charge in [-0.3, -0.25) is 23.7 Å². The topological polar surface area (TPSA) is 88.9 Å². The van der Waals surface area contributed by atoms with Crippen LogP contribution < -0.4 is 9.77 Å². The SMILES string of the molecule is O=C(Cn1c2c(sc1=O)C(c1cccc(Br)c1)C1C(=O)N(c3cccc(C(F)(F)F)c3)C(=O)C1S2)N1CCOCC1. The molecule has 6 rings (SSSR count). The minimum Gasteiger partial charge on any atom is -0.378 e. The molecule has 0 saturated carbocycles. The first-order valence-electron chi connectivity index (χ1n) is 12.6. The van der Waals surface area contributed by atoms with E-state index >= 15 is 0 Å². The Morgan fingerprint density at radius 2 is 1.76 bits per heavy atom. The second kappa shape index (κ2) is 10.7. The van der Waals surface area contributed by atoms with E-state index in [1.807, 2.05) is 0 Å². The number of hydrogen-bond acceptors (Lipinski definition) is 7. The number of benzene rings is 2. The predicted octanol–water partition coefficient (Wildman–Crippen LogP) is 4.35. The van der Waals surface area contributed by atoms with Crippen molar-refractivity contribution in [2.24, 2.45) is 5.92 Å². The molecule has 3 unspecified atom stereocenters. The van der Waals surface area contributed by atoms with Gasteiger partial charge in [-0.2, -0.15) is 13.2 Å². The molecule has 3 aliphatic heterocycles. The lowest BCUT2D eigenvalue weighted by Crippen LogP contribution is -2.43. The Labute approximate surface area is 248 Å². The average molecular weight is 669 g/mol. The van der Waals surface area contributed by atoms with Crippen molar-refractivity contribution >= 4 is 62.4 Å². The number of carbonyl (C=O) groups excluding carboxylic acids is 3. The minimum atomic E-state index is -4.66. The number of rotatable bonds is 4. The molecule has 3 aromatic rings. The van der Waals surface area contributed by atoms with E-state index in [9.17, 15) is 32.3 Å². The first-order chi connectivity index (χ1) is 19.5. The molecule has 0 spiro atoms. The van der Waals surface area contributed by atoms with E-state index in [-0.39, 0.29) is 18.1 Å². The molecule has 8 nitrogen and oxygen atoms in total. The summed E-state index contributed by atoms with van der Waals surface area (Å²) in [5.74, 6) is -3.26. The number of fused-ring (bicyclic) bond motifs is 2. The Morgan fingerprint density at radius 3 is 2.46 bits per heavy atom. The van der Waals surface area contributed by atoms with Gasteiger partial charge >= 0.3 is 11.0 Å². The van der Waals surface area contributed by atoms with Crippen molar-refractivity contribution < 1.29 is 32.3 Å². The van der Waals surface area contributed by atoms with Gasteiger partial charge in [0, 0.05) is 28.4 Å². The van der Waals surface area contributed by atoms with Gasteiger partial charge in [-0.15, -0.1) is 0 Å². The molecule has 14 heteroatoms. The number of thiazole rings is 1. The summed E-state index contributed by atoms with van der Waals surface area (Å²) in [6.45, 7) is 1.36. The fourth-order valence-corrected chi connectivity index (χ4v) is 8.63. The second-order valence-corrected chi connectivity index (χ2v) is 12.8. The van der Waals surface area contributed by atoms with E-state index in [1.54, 1.807) is 29.2 Å². The van der Waals surface area contributed by atoms with Gasteiger partial charge in [0.1, 0.15) is 11.8 Å². The quantitative estimate of drug-likeness (QED) is 0.385. The van der Waals surface area contributed by atoms with E-state index in [1.165, 1.54) is 10.6 Å². The molecule has 3 amide bonds. The number of nitrogens with zero attached hydrogens (tertiary/aromatic N) is 3. The fourth-order valence-electron chi connectivity index (χ4n) is 5.44. The molecule has 3 aliphatic rings. The van der Waals surface area contributed by atoms with Crippen molar-refractivity contribution in [1.82, 2.24) is 9.47 Å². The lowest BCUT2D eigenvalue weighted by atomic mass is 9.83. The summed E-state index contributed by atoms with van der Waals surface area (Å²) in [5.41, 5.74) is -0.479. The molecule has 2 saturated heterocycles. The van der Waals surface area contributed by atoms with Crippen LogP contribution in [0.1, 0.15) is 21.9 Å². The van der Waals surface area contributed by atoms with Gasteiger partial charge in [0.25, 0.3) is 0 Å². The second-order valence-electron chi connectivity index (χ2n) is 9.77. The number of amides is 3. The molecule has 41 heavy (non-hydrogen) atoms. The van der Waals surface area contributed by atoms with Crippen LogP contribution in [0.15, 0.2) is 62.8 Å². The fraction of sp³-hybridized carbons (Fsp3) is 0.333. The van der Waals surface area contributed by atoms with Crippen molar-refractivity contribution in [1.29, 1.82) is 0 Å². The standard InChI is InChI=1S/C27H21BrF3N3O5S2/c28-16-5-1-3-14(11-16)19-20-21(24(37)34(23(20)36)17-6-2-4-15(12-17)27(29,30)31)40-25-22(19)41-26(38)33(25)13-18(35)32-7-9-39-10-8-32/h1-6,11-12,19-21H,7-10,13H2. The van der Waals surface area contributed by atoms with Gasteiger partial charge in [-0.1, -0.05) is 57.2 Å². The molecule has 1 aromatic heterocycles. The Kier molecular flexibility index (Phi) is 7.37. The van der Waals surface area contributed by atoms with Crippen LogP contribution in [-0.2, 0) is 31.8 Å². The van der Waals surface area contributed by atoms with Gasteiger partial charge in [-0.25, -0.2) is 4.90 Å². The number of ether oxygens (including phenoxy) is 1. The minimum absolute atomic E-state index is 0.166. The Hall–Kier alpha value is -2.94. The third kappa shape index (κ3) is 5.04. The summed E-state index contributed by atoms with van der Waals surface area (Å²) >= 11 is 5.37. The zero-order chi connectivity index (χ0) is 29.1. The molecule has 0 radical (unpaired) electrons. The molecule has 2 aromatic carbocycles. The summed E-state index contributed by atoms with van der Waals surface area (Å²) in [6, 6.07) is 11.3. The number of anilines is 1. The highest BCUT2D eigenvalue weighted by atomic mass is 79.9. The third-order valence-corrected chi connectivity index (χ3v) is 10.4. The number of halogens is 4. The van der Waals surface area contributed by atoms with E-state index in [0.717, 1.165) is 46.2 Å². The zero-order valence-electron chi connectivity index (χ0n) is 21.1. The van der Waals surface area contributed by atoms with Gasteiger partial charge < -0.3 is 9.64 Å². The van der Waals surface area contributed by atoms with Crippen molar-refractivity contribution in [3.05, 3.63) is 78.7 Å². The summed E-state index contributed by atoms with van der Waals surface area (Å²) < 4.78 is 47.7. The normalized spacial score (nSPS) is 22.6. The van der Waals surface area contributed by atoms with Crippen LogP contribution in [0.5, 0.6) is 0 Å². The Bertz CT molecular complexity index is 1620. The van der Waals surface area contributed by atoms with Gasteiger partial charge in [0.2, 0.25) is 17.7 Å². The average Bonchev–Trinajstić information content (AvgIpc) is 3.39. The highest BCUT2D eigenvalue weighted by Gasteiger charge is 2.57. The molecule has 0 bridgehead atoms. The number of hydrogen-bond donors (Lipinski definition) is 0. The van der Waals surface area contributed by atoms with E-state index in [4.69, 9.17) is 4.74 Å².